The van der Waals surface area contributed by atoms with Gasteiger partial charge in [0.25, 0.3) is 5.91 Å². The van der Waals surface area contributed by atoms with Crippen molar-refractivity contribution in [2.24, 2.45) is 0 Å². The molecule has 2 heterocycles. The highest BCUT2D eigenvalue weighted by atomic mass is 16.5. The number of carbonyl (C=O) groups is 2. The first-order valence-electron chi connectivity index (χ1n) is 10.6. The molecule has 0 bridgehead atoms. The minimum absolute atomic E-state index is 0.0363. The van der Waals surface area contributed by atoms with Gasteiger partial charge in [-0.3, -0.25) is 9.59 Å². The van der Waals surface area contributed by atoms with E-state index in [0.29, 0.717) is 31.7 Å². The Hall–Kier alpha value is -3.44. The van der Waals surface area contributed by atoms with E-state index in [9.17, 15) is 9.59 Å². The highest BCUT2D eigenvalue weighted by Gasteiger charge is 2.54. The summed E-state index contributed by atoms with van der Waals surface area (Å²) in [5, 5.41) is 2.98. The third-order valence-corrected chi connectivity index (χ3v) is 6.28. The Kier molecular flexibility index (Phi) is 5.04. The second kappa shape index (κ2) is 8.00. The normalized spacial score (nSPS) is 21.8. The van der Waals surface area contributed by atoms with Gasteiger partial charge in [-0.05, 0) is 28.8 Å². The van der Waals surface area contributed by atoms with E-state index < -0.39 is 11.6 Å². The number of rotatable bonds is 4. The summed E-state index contributed by atoms with van der Waals surface area (Å²) in [7, 11) is 0. The lowest BCUT2D eigenvalue weighted by Crippen LogP contribution is -2.46. The van der Waals surface area contributed by atoms with Crippen LogP contribution in [0.1, 0.15) is 33.5 Å². The van der Waals surface area contributed by atoms with E-state index in [-0.39, 0.29) is 11.8 Å². The first-order valence-corrected chi connectivity index (χ1v) is 10.6. The molecule has 0 aliphatic carbocycles. The van der Waals surface area contributed by atoms with Gasteiger partial charge in [0, 0.05) is 25.1 Å². The largest absolute Gasteiger partial charge is 0.365 e. The quantitative estimate of drug-likeness (QED) is 0.712. The summed E-state index contributed by atoms with van der Waals surface area (Å²) in [5.41, 5.74) is 3.25. The van der Waals surface area contributed by atoms with E-state index in [1.807, 2.05) is 77.7 Å². The van der Waals surface area contributed by atoms with Crippen molar-refractivity contribution in [2.75, 3.05) is 6.61 Å². The summed E-state index contributed by atoms with van der Waals surface area (Å²) in [6, 6.07) is 27.2. The van der Waals surface area contributed by atoms with Crippen molar-refractivity contribution in [1.82, 2.24) is 10.2 Å². The summed E-state index contributed by atoms with van der Waals surface area (Å²) in [5.74, 6) is -0.178. The number of amides is 2. The summed E-state index contributed by atoms with van der Waals surface area (Å²) in [6.45, 7) is 1.29. The molecular weight excluding hydrogens is 388 g/mol. The lowest BCUT2D eigenvalue weighted by atomic mass is 9.86. The maximum Gasteiger partial charge on any atom is 0.254 e. The monoisotopic (exact) mass is 412 g/mol. The van der Waals surface area contributed by atoms with Gasteiger partial charge >= 0.3 is 0 Å². The third kappa shape index (κ3) is 3.51. The van der Waals surface area contributed by atoms with Gasteiger partial charge in [-0.15, -0.1) is 0 Å². The molecule has 2 aliphatic heterocycles. The Balaban J connectivity index is 1.39. The zero-order chi connectivity index (χ0) is 21.3. The standard InChI is InChI=1S/C26H24N2O3/c29-24(27-16-19-9-3-1-4-10-19)23-15-26(18-31-23)22-14-8-7-13-21(22)17-28(26)25(30)20-11-5-2-6-12-20/h1-14,23H,15-18H2,(H,27,29)/t23-,26-/m0/s1. The molecule has 0 unspecified atom stereocenters. The smallest absolute Gasteiger partial charge is 0.254 e. The molecule has 1 saturated heterocycles. The molecule has 0 radical (unpaired) electrons. The van der Waals surface area contributed by atoms with E-state index in [4.69, 9.17) is 4.74 Å². The van der Waals surface area contributed by atoms with Crippen molar-refractivity contribution in [3.63, 3.8) is 0 Å². The van der Waals surface area contributed by atoms with Crippen LogP contribution in [-0.4, -0.2) is 29.4 Å². The number of hydrogen-bond donors (Lipinski definition) is 1. The molecule has 3 aromatic carbocycles. The highest BCUT2D eigenvalue weighted by Crippen LogP contribution is 2.47. The number of hydrogen-bond acceptors (Lipinski definition) is 3. The molecule has 5 heteroatoms. The van der Waals surface area contributed by atoms with Gasteiger partial charge in [0.2, 0.25) is 5.91 Å². The van der Waals surface area contributed by atoms with Crippen molar-refractivity contribution < 1.29 is 14.3 Å². The van der Waals surface area contributed by atoms with Crippen LogP contribution in [0.15, 0.2) is 84.9 Å². The van der Waals surface area contributed by atoms with Gasteiger partial charge in [0.05, 0.1) is 12.1 Å². The number of carbonyl (C=O) groups excluding carboxylic acids is 2. The Labute approximate surface area is 181 Å². The molecule has 0 aromatic heterocycles. The van der Waals surface area contributed by atoms with Crippen LogP contribution in [0.3, 0.4) is 0 Å². The molecule has 31 heavy (non-hydrogen) atoms. The molecule has 1 fully saturated rings. The maximum atomic E-state index is 13.4. The Morgan fingerprint density at radius 2 is 1.61 bits per heavy atom. The van der Waals surface area contributed by atoms with Crippen LogP contribution in [0.2, 0.25) is 0 Å². The van der Waals surface area contributed by atoms with E-state index in [1.54, 1.807) is 0 Å². The van der Waals surface area contributed by atoms with Gasteiger partial charge in [-0.2, -0.15) is 0 Å². The van der Waals surface area contributed by atoms with Crippen molar-refractivity contribution in [3.8, 4) is 0 Å². The Morgan fingerprint density at radius 3 is 2.39 bits per heavy atom. The van der Waals surface area contributed by atoms with Crippen LogP contribution in [0.4, 0.5) is 0 Å². The first-order chi connectivity index (χ1) is 15.2. The molecule has 3 aromatic rings. The van der Waals surface area contributed by atoms with E-state index in [0.717, 1.165) is 16.7 Å². The number of nitrogens with zero attached hydrogens (tertiary/aromatic N) is 1. The van der Waals surface area contributed by atoms with E-state index >= 15 is 0 Å². The fourth-order valence-corrected chi connectivity index (χ4v) is 4.69. The summed E-state index contributed by atoms with van der Waals surface area (Å²) < 4.78 is 6.01. The molecule has 2 amide bonds. The van der Waals surface area contributed by atoms with Crippen LogP contribution in [0.5, 0.6) is 0 Å². The molecule has 1 N–H and O–H groups in total. The topological polar surface area (TPSA) is 58.6 Å². The van der Waals surface area contributed by atoms with Crippen LogP contribution in [0, 0.1) is 0 Å². The Bertz CT molecular complexity index is 1100. The minimum atomic E-state index is -0.627. The number of fused-ring (bicyclic) bond motifs is 2. The van der Waals surface area contributed by atoms with Gasteiger partial charge < -0.3 is 15.0 Å². The molecule has 2 aliphatic rings. The summed E-state index contributed by atoms with van der Waals surface area (Å²) >= 11 is 0. The van der Waals surface area contributed by atoms with Crippen LogP contribution < -0.4 is 5.32 Å². The lowest BCUT2D eigenvalue weighted by molar-refractivity contribution is -0.130. The predicted molar refractivity (Wildman–Crippen MR) is 117 cm³/mol. The number of ether oxygens (including phenoxy) is 1. The summed E-state index contributed by atoms with van der Waals surface area (Å²) in [6.07, 6.45) is -0.149. The van der Waals surface area contributed by atoms with Crippen molar-refractivity contribution >= 4 is 11.8 Å². The zero-order valence-corrected chi connectivity index (χ0v) is 17.2. The fourth-order valence-electron chi connectivity index (χ4n) is 4.69. The van der Waals surface area contributed by atoms with Gasteiger partial charge in [-0.25, -0.2) is 0 Å². The molecule has 156 valence electrons. The van der Waals surface area contributed by atoms with Gasteiger partial charge in [-0.1, -0.05) is 72.8 Å². The fraction of sp³-hybridized carbons (Fsp3) is 0.231. The Morgan fingerprint density at radius 1 is 0.935 bits per heavy atom. The second-order valence-electron chi connectivity index (χ2n) is 8.15. The maximum absolute atomic E-state index is 13.4. The summed E-state index contributed by atoms with van der Waals surface area (Å²) in [4.78, 5) is 28.2. The lowest BCUT2D eigenvalue weighted by Gasteiger charge is -2.34. The van der Waals surface area contributed by atoms with Crippen LogP contribution in [-0.2, 0) is 28.2 Å². The second-order valence-corrected chi connectivity index (χ2v) is 8.15. The SMILES string of the molecule is O=C(NCc1ccccc1)[C@@H]1C[C@]2(CO1)c1ccccc1CN2C(=O)c1ccccc1. The molecule has 2 atom stereocenters. The van der Waals surface area contributed by atoms with Gasteiger partial charge in [0.1, 0.15) is 6.10 Å². The molecule has 1 spiro atoms. The minimum Gasteiger partial charge on any atom is -0.365 e. The van der Waals surface area contributed by atoms with Crippen molar-refractivity contribution in [3.05, 3.63) is 107 Å². The average Bonchev–Trinajstić information content (AvgIpc) is 3.41. The van der Waals surface area contributed by atoms with E-state index in [1.165, 1.54) is 0 Å². The first kappa shape index (κ1) is 19.5. The highest BCUT2D eigenvalue weighted by molar-refractivity contribution is 5.95. The molecule has 5 rings (SSSR count). The average molecular weight is 412 g/mol. The van der Waals surface area contributed by atoms with Crippen LogP contribution >= 0.6 is 0 Å². The molecule has 0 saturated carbocycles. The zero-order valence-electron chi connectivity index (χ0n) is 17.2. The predicted octanol–water partition coefficient (Wildman–Crippen LogP) is 3.64. The molecule has 5 nitrogen and oxygen atoms in total. The van der Waals surface area contributed by atoms with Crippen molar-refractivity contribution in [1.29, 1.82) is 0 Å². The number of nitrogens with one attached hydrogen (secondary N) is 1. The van der Waals surface area contributed by atoms with Crippen molar-refractivity contribution in [2.45, 2.75) is 31.2 Å². The van der Waals surface area contributed by atoms with Gasteiger partial charge in [0.15, 0.2) is 0 Å². The van der Waals surface area contributed by atoms with Crippen LogP contribution in [0.25, 0.3) is 0 Å². The molecular formula is C26H24N2O3. The number of benzene rings is 3. The third-order valence-electron chi connectivity index (χ3n) is 6.28. The van der Waals surface area contributed by atoms with E-state index in [2.05, 4.69) is 17.4 Å².